The molecule has 2 unspecified atom stereocenters. The van der Waals surface area contributed by atoms with Crippen LogP contribution in [0.2, 0.25) is 5.02 Å². The third-order valence-corrected chi connectivity index (χ3v) is 3.55. The van der Waals surface area contributed by atoms with Crippen molar-refractivity contribution in [2.24, 2.45) is 0 Å². The summed E-state index contributed by atoms with van der Waals surface area (Å²) >= 11 is 5.85. The van der Waals surface area contributed by atoms with E-state index in [4.69, 9.17) is 11.6 Å². The van der Waals surface area contributed by atoms with Crippen LogP contribution in [0, 0.1) is 0 Å². The predicted octanol–water partition coefficient (Wildman–Crippen LogP) is 3.59. The van der Waals surface area contributed by atoms with Gasteiger partial charge in [0.15, 0.2) is 0 Å². The minimum Gasteiger partial charge on any atom is -0.480 e. The van der Waals surface area contributed by atoms with Crippen molar-refractivity contribution in [3.05, 3.63) is 34.9 Å². The van der Waals surface area contributed by atoms with Crippen molar-refractivity contribution in [2.75, 3.05) is 7.05 Å². The lowest BCUT2D eigenvalue weighted by atomic mass is 10.0. The second-order valence-electron chi connectivity index (χ2n) is 4.54. The van der Waals surface area contributed by atoms with E-state index in [0.717, 1.165) is 12.0 Å². The lowest BCUT2D eigenvalue weighted by Gasteiger charge is -2.30. The molecule has 0 aliphatic rings. The van der Waals surface area contributed by atoms with Crippen LogP contribution in [0.5, 0.6) is 0 Å². The van der Waals surface area contributed by atoms with Crippen molar-refractivity contribution in [1.29, 1.82) is 0 Å². The van der Waals surface area contributed by atoms with Gasteiger partial charge in [-0.3, -0.25) is 9.69 Å². The highest BCUT2D eigenvalue weighted by atomic mass is 35.5. The van der Waals surface area contributed by atoms with Crippen molar-refractivity contribution < 1.29 is 9.90 Å². The van der Waals surface area contributed by atoms with E-state index in [1.54, 1.807) is 0 Å². The second kappa shape index (κ2) is 6.76. The number of rotatable bonds is 6. The SMILES string of the molecule is CCCC(C(=O)O)N(C)C(C)c1ccc(Cl)cc1. The molecule has 18 heavy (non-hydrogen) atoms. The Kier molecular flexibility index (Phi) is 5.63. The average molecular weight is 270 g/mol. The van der Waals surface area contributed by atoms with Crippen molar-refractivity contribution in [3.63, 3.8) is 0 Å². The first kappa shape index (κ1) is 15.0. The lowest BCUT2D eigenvalue weighted by molar-refractivity contribution is -0.143. The van der Waals surface area contributed by atoms with E-state index in [2.05, 4.69) is 0 Å². The van der Waals surface area contributed by atoms with Crippen LogP contribution in [0.25, 0.3) is 0 Å². The monoisotopic (exact) mass is 269 g/mol. The fraction of sp³-hybridized carbons (Fsp3) is 0.500. The fourth-order valence-electron chi connectivity index (χ4n) is 2.02. The summed E-state index contributed by atoms with van der Waals surface area (Å²) in [7, 11) is 1.85. The zero-order valence-corrected chi connectivity index (χ0v) is 11.8. The topological polar surface area (TPSA) is 40.5 Å². The Morgan fingerprint density at radius 3 is 2.39 bits per heavy atom. The molecule has 0 bridgehead atoms. The standard InChI is InChI=1S/C14H20ClNO2/c1-4-5-13(14(17)18)16(3)10(2)11-6-8-12(15)9-7-11/h6-10,13H,4-5H2,1-3H3,(H,17,18). The van der Waals surface area contributed by atoms with E-state index in [1.165, 1.54) is 0 Å². The Balaban J connectivity index is 2.84. The zero-order valence-electron chi connectivity index (χ0n) is 11.1. The first-order valence-electron chi connectivity index (χ1n) is 6.17. The number of carbonyl (C=O) groups is 1. The number of likely N-dealkylation sites (N-methyl/N-ethyl adjacent to an activating group) is 1. The van der Waals surface area contributed by atoms with Crippen LogP contribution >= 0.6 is 11.6 Å². The Morgan fingerprint density at radius 2 is 1.94 bits per heavy atom. The zero-order chi connectivity index (χ0) is 13.7. The van der Waals surface area contributed by atoms with Crippen LogP contribution in [0.3, 0.4) is 0 Å². The number of benzene rings is 1. The number of carboxylic acid groups (broad SMARTS) is 1. The van der Waals surface area contributed by atoms with Gasteiger partial charge in [-0.15, -0.1) is 0 Å². The van der Waals surface area contributed by atoms with Gasteiger partial charge in [0, 0.05) is 11.1 Å². The molecule has 0 aromatic heterocycles. The molecule has 0 fully saturated rings. The quantitative estimate of drug-likeness (QED) is 0.858. The van der Waals surface area contributed by atoms with Gasteiger partial charge >= 0.3 is 5.97 Å². The first-order valence-corrected chi connectivity index (χ1v) is 6.55. The number of hydrogen-bond donors (Lipinski definition) is 1. The molecule has 0 aliphatic carbocycles. The third-order valence-electron chi connectivity index (χ3n) is 3.30. The molecule has 2 atom stereocenters. The van der Waals surface area contributed by atoms with E-state index in [0.29, 0.717) is 11.4 Å². The first-order chi connectivity index (χ1) is 8.47. The summed E-state index contributed by atoms with van der Waals surface area (Å²) in [5.74, 6) is -0.764. The Morgan fingerprint density at radius 1 is 1.39 bits per heavy atom. The van der Waals surface area contributed by atoms with Crippen molar-refractivity contribution in [3.8, 4) is 0 Å². The van der Waals surface area contributed by atoms with Crippen LogP contribution < -0.4 is 0 Å². The number of carboxylic acids is 1. The largest absolute Gasteiger partial charge is 0.480 e. The fourth-order valence-corrected chi connectivity index (χ4v) is 2.15. The summed E-state index contributed by atoms with van der Waals surface area (Å²) in [6.45, 7) is 4.01. The van der Waals surface area contributed by atoms with Gasteiger partial charge in [0.05, 0.1) is 0 Å². The number of hydrogen-bond acceptors (Lipinski definition) is 2. The van der Waals surface area contributed by atoms with Gasteiger partial charge in [0.2, 0.25) is 0 Å². The molecular formula is C14H20ClNO2. The molecule has 4 heteroatoms. The van der Waals surface area contributed by atoms with Gasteiger partial charge in [-0.1, -0.05) is 37.1 Å². The molecule has 0 amide bonds. The summed E-state index contributed by atoms with van der Waals surface area (Å²) in [5, 5.41) is 9.94. The molecule has 100 valence electrons. The molecular weight excluding hydrogens is 250 g/mol. The normalized spacial score (nSPS) is 14.5. The van der Waals surface area contributed by atoms with Gasteiger partial charge in [0.25, 0.3) is 0 Å². The van der Waals surface area contributed by atoms with Gasteiger partial charge in [-0.05, 0) is 38.1 Å². The Hall–Kier alpha value is -1.06. The van der Waals surface area contributed by atoms with Crippen LogP contribution in [-0.4, -0.2) is 29.1 Å². The molecule has 0 saturated carbocycles. The predicted molar refractivity (Wildman–Crippen MR) is 74.0 cm³/mol. The van der Waals surface area contributed by atoms with Gasteiger partial charge < -0.3 is 5.11 Å². The highest BCUT2D eigenvalue weighted by Gasteiger charge is 2.25. The summed E-state index contributed by atoms with van der Waals surface area (Å²) in [5.41, 5.74) is 1.07. The van der Waals surface area contributed by atoms with E-state index in [-0.39, 0.29) is 6.04 Å². The molecule has 1 aromatic carbocycles. The van der Waals surface area contributed by atoms with Crippen molar-refractivity contribution >= 4 is 17.6 Å². The van der Waals surface area contributed by atoms with E-state index < -0.39 is 12.0 Å². The van der Waals surface area contributed by atoms with Crippen LogP contribution in [-0.2, 0) is 4.79 Å². The van der Waals surface area contributed by atoms with E-state index in [9.17, 15) is 9.90 Å². The second-order valence-corrected chi connectivity index (χ2v) is 4.97. The molecule has 1 rings (SSSR count). The van der Waals surface area contributed by atoms with Gasteiger partial charge in [-0.25, -0.2) is 0 Å². The molecule has 0 heterocycles. The molecule has 0 aliphatic heterocycles. The van der Waals surface area contributed by atoms with E-state index in [1.807, 2.05) is 50.1 Å². The minimum absolute atomic E-state index is 0.0508. The highest BCUT2D eigenvalue weighted by Crippen LogP contribution is 2.24. The molecule has 0 saturated heterocycles. The number of halogens is 1. The third kappa shape index (κ3) is 3.72. The lowest BCUT2D eigenvalue weighted by Crippen LogP contribution is -2.39. The van der Waals surface area contributed by atoms with Crippen LogP contribution in [0.4, 0.5) is 0 Å². The molecule has 3 nitrogen and oxygen atoms in total. The summed E-state index contributed by atoms with van der Waals surface area (Å²) in [4.78, 5) is 13.2. The molecule has 0 spiro atoms. The van der Waals surface area contributed by atoms with Gasteiger partial charge in [-0.2, -0.15) is 0 Å². The minimum atomic E-state index is -0.764. The van der Waals surface area contributed by atoms with E-state index >= 15 is 0 Å². The molecule has 1 N–H and O–H groups in total. The summed E-state index contributed by atoms with van der Waals surface area (Å²) < 4.78 is 0. The summed E-state index contributed by atoms with van der Waals surface area (Å²) in [6, 6.07) is 7.15. The maximum atomic E-state index is 11.3. The maximum Gasteiger partial charge on any atom is 0.320 e. The van der Waals surface area contributed by atoms with Crippen molar-refractivity contribution in [2.45, 2.75) is 38.8 Å². The molecule has 0 radical (unpaired) electrons. The Bertz CT molecular complexity index is 391. The average Bonchev–Trinajstić information content (AvgIpc) is 2.35. The Labute approximate surface area is 113 Å². The number of nitrogens with zero attached hydrogens (tertiary/aromatic N) is 1. The van der Waals surface area contributed by atoms with Crippen LogP contribution in [0.1, 0.15) is 38.3 Å². The molecule has 1 aromatic rings. The number of aliphatic carboxylic acids is 1. The van der Waals surface area contributed by atoms with Crippen LogP contribution in [0.15, 0.2) is 24.3 Å². The highest BCUT2D eigenvalue weighted by molar-refractivity contribution is 6.30. The smallest absolute Gasteiger partial charge is 0.320 e. The maximum absolute atomic E-state index is 11.3. The van der Waals surface area contributed by atoms with Gasteiger partial charge in [0.1, 0.15) is 6.04 Å². The van der Waals surface area contributed by atoms with Crippen molar-refractivity contribution in [1.82, 2.24) is 4.90 Å². The summed E-state index contributed by atoms with van der Waals surface area (Å²) in [6.07, 6.45) is 1.51.